The van der Waals surface area contributed by atoms with Gasteiger partial charge in [-0.05, 0) is 57.0 Å². The molecule has 2 atom stereocenters. The first-order valence-corrected chi connectivity index (χ1v) is 12.0. The number of nitrogens with zero attached hydrogens (tertiary/aromatic N) is 3. The summed E-state index contributed by atoms with van der Waals surface area (Å²) in [5.74, 6) is 0.396. The van der Waals surface area contributed by atoms with E-state index in [0.29, 0.717) is 17.5 Å². The predicted octanol–water partition coefficient (Wildman–Crippen LogP) is 5.42. The number of nitrogens with one attached hydrogen (secondary N) is 1. The number of aryl methyl sites for hydroxylation is 1. The van der Waals surface area contributed by atoms with Crippen molar-refractivity contribution >= 4 is 28.4 Å². The van der Waals surface area contributed by atoms with Crippen molar-refractivity contribution in [2.45, 2.75) is 49.7 Å². The molecule has 0 aliphatic carbocycles. The summed E-state index contributed by atoms with van der Waals surface area (Å²) in [5.41, 5.74) is 3.31. The van der Waals surface area contributed by atoms with Crippen LogP contribution in [0.1, 0.15) is 35.8 Å². The fourth-order valence-corrected chi connectivity index (χ4v) is 5.27. The van der Waals surface area contributed by atoms with Gasteiger partial charge < -0.3 is 9.72 Å². The van der Waals surface area contributed by atoms with Crippen LogP contribution in [0.25, 0.3) is 22.3 Å². The third-order valence-electron chi connectivity index (χ3n) is 6.02. The minimum Gasteiger partial charge on any atom is -0.376 e. The monoisotopic (exact) mass is 464 g/mol. The average Bonchev–Trinajstić information content (AvgIpc) is 3.53. The van der Waals surface area contributed by atoms with Crippen molar-refractivity contribution in [1.29, 1.82) is 0 Å². The number of carbonyl (C=O) groups is 1. The van der Waals surface area contributed by atoms with Crippen molar-refractivity contribution in [1.82, 2.24) is 19.7 Å². The van der Waals surface area contributed by atoms with Crippen molar-refractivity contribution in [2.24, 2.45) is 0 Å². The Morgan fingerprint density at radius 3 is 2.79 bits per heavy atom. The van der Waals surface area contributed by atoms with Crippen molar-refractivity contribution in [2.75, 3.05) is 6.61 Å². The Labute approximate surface area is 195 Å². The van der Waals surface area contributed by atoms with E-state index in [0.717, 1.165) is 47.2 Å². The van der Waals surface area contributed by atoms with Crippen LogP contribution in [0, 0.1) is 12.7 Å². The number of hydrogen-bond donors (Lipinski definition) is 1. The lowest BCUT2D eigenvalue weighted by Crippen LogP contribution is -2.19. The van der Waals surface area contributed by atoms with Crippen LogP contribution in [0.2, 0.25) is 0 Å². The molecule has 6 nitrogen and oxygen atoms in total. The van der Waals surface area contributed by atoms with Gasteiger partial charge in [-0.3, -0.25) is 9.36 Å². The fraction of sp³-hybridized carbons (Fsp3) is 0.320. The van der Waals surface area contributed by atoms with Gasteiger partial charge in [0.2, 0.25) is 0 Å². The van der Waals surface area contributed by atoms with E-state index in [-0.39, 0.29) is 23.0 Å². The first-order chi connectivity index (χ1) is 16.0. The van der Waals surface area contributed by atoms with Crippen LogP contribution in [0.4, 0.5) is 4.39 Å². The third kappa shape index (κ3) is 4.32. The van der Waals surface area contributed by atoms with Gasteiger partial charge >= 0.3 is 0 Å². The molecule has 2 aromatic heterocycles. The molecule has 0 unspecified atom stereocenters. The number of ether oxygens (including phenoxy) is 1. The molecule has 0 radical (unpaired) electrons. The molecule has 4 aromatic rings. The zero-order valence-electron chi connectivity index (χ0n) is 18.5. The summed E-state index contributed by atoms with van der Waals surface area (Å²) in [4.78, 5) is 16.8. The maximum absolute atomic E-state index is 13.5. The summed E-state index contributed by atoms with van der Waals surface area (Å²) in [5, 5.41) is 10.0. The first kappa shape index (κ1) is 21.9. The molecule has 1 N–H and O–H groups in total. The molecule has 1 saturated heterocycles. The van der Waals surface area contributed by atoms with Gasteiger partial charge in [-0.1, -0.05) is 30.0 Å². The van der Waals surface area contributed by atoms with Gasteiger partial charge in [0, 0.05) is 34.3 Å². The Hall–Kier alpha value is -2.97. The van der Waals surface area contributed by atoms with Crippen LogP contribution < -0.4 is 0 Å². The van der Waals surface area contributed by atoms with Crippen LogP contribution in [0.5, 0.6) is 0 Å². The van der Waals surface area contributed by atoms with E-state index >= 15 is 0 Å². The number of benzene rings is 2. The molecule has 3 heterocycles. The highest BCUT2D eigenvalue weighted by Crippen LogP contribution is 2.32. The minimum absolute atomic E-state index is 0.0462. The molecule has 1 fully saturated rings. The Morgan fingerprint density at radius 2 is 2.03 bits per heavy atom. The second-order valence-corrected chi connectivity index (χ2v) is 9.66. The fourth-order valence-electron chi connectivity index (χ4n) is 4.35. The Morgan fingerprint density at radius 1 is 1.24 bits per heavy atom. The summed E-state index contributed by atoms with van der Waals surface area (Å²) < 4.78 is 21.3. The van der Waals surface area contributed by atoms with E-state index in [9.17, 15) is 9.18 Å². The lowest BCUT2D eigenvalue weighted by molar-refractivity contribution is 0.0953. The van der Waals surface area contributed by atoms with Gasteiger partial charge in [-0.25, -0.2) is 4.39 Å². The zero-order valence-corrected chi connectivity index (χ0v) is 19.4. The quantitative estimate of drug-likeness (QED) is 0.292. The molecule has 33 heavy (non-hydrogen) atoms. The number of para-hydroxylation sites is 1. The summed E-state index contributed by atoms with van der Waals surface area (Å²) in [7, 11) is 0. The largest absolute Gasteiger partial charge is 0.376 e. The maximum Gasteiger partial charge on any atom is 0.192 e. The van der Waals surface area contributed by atoms with Gasteiger partial charge in [0.05, 0.1) is 17.9 Å². The molecule has 5 rings (SSSR count). The number of hydrogen-bond acceptors (Lipinski definition) is 5. The van der Waals surface area contributed by atoms with E-state index in [1.807, 2.05) is 42.7 Å². The topological polar surface area (TPSA) is 72.8 Å². The normalized spacial score (nSPS) is 17.0. The van der Waals surface area contributed by atoms with Crippen molar-refractivity contribution in [3.8, 4) is 11.4 Å². The van der Waals surface area contributed by atoms with Gasteiger partial charge in [0.25, 0.3) is 0 Å². The molecule has 0 amide bonds. The van der Waals surface area contributed by atoms with E-state index in [1.165, 1.54) is 23.9 Å². The van der Waals surface area contributed by atoms with Gasteiger partial charge in [-0.15, -0.1) is 10.2 Å². The third-order valence-corrected chi connectivity index (χ3v) is 7.10. The van der Waals surface area contributed by atoms with Crippen LogP contribution in [0.3, 0.4) is 0 Å². The lowest BCUT2D eigenvalue weighted by Gasteiger charge is -2.16. The van der Waals surface area contributed by atoms with Gasteiger partial charge in [0.15, 0.2) is 16.8 Å². The number of H-pyrrole nitrogens is 1. The Balaban J connectivity index is 1.46. The molecular weight excluding hydrogens is 439 g/mol. The summed E-state index contributed by atoms with van der Waals surface area (Å²) in [6, 6.07) is 14.1. The van der Waals surface area contributed by atoms with Crippen molar-refractivity contribution < 1.29 is 13.9 Å². The highest BCUT2D eigenvalue weighted by molar-refractivity contribution is 8.00. The van der Waals surface area contributed by atoms with E-state index in [2.05, 4.69) is 15.2 Å². The number of aromatic amines is 1. The van der Waals surface area contributed by atoms with Gasteiger partial charge in [0.1, 0.15) is 5.82 Å². The Bertz CT molecular complexity index is 1290. The highest BCUT2D eigenvalue weighted by atomic mass is 32.2. The van der Waals surface area contributed by atoms with Crippen molar-refractivity contribution in [3.63, 3.8) is 0 Å². The standard InChI is InChI=1S/C25H25FN4O2S/c1-15-22(20-7-3-4-8-21(20)27-15)23(31)16(2)33-25-29-28-24(17-9-11-18(26)12-10-17)30(25)14-19-6-5-13-32-19/h3-4,7-12,16,19,27H,5-6,13-14H2,1-2H3/t16-,19+/m1/s1. The van der Waals surface area contributed by atoms with E-state index < -0.39 is 0 Å². The lowest BCUT2D eigenvalue weighted by atomic mass is 10.1. The second kappa shape index (κ2) is 9.11. The van der Waals surface area contributed by atoms with E-state index in [4.69, 9.17) is 4.74 Å². The first-order valence-electron chi connectivity index (χ1n) is 11.1. The molecule has 2 aromatic carbocycles. The Kier molecular flexibility index (Phi) is 6.03. The number of Topliss-reactive ketones (excluding diaryl/α,β-unsaturated/α-hetero) is 1. The summed E-state index contributed by atoms with van der Waals surface area (Å²) in [6.45, 7) is 5.17. The smallest absolute Gasteiger partial charge is 0.192 e. The highest BCUT2D eigenvalue weighted by Gasteiger charge is 2.27. The molecule has 0 bridgehead atoms. The van der Waals surface area contributed by atoms with Crippen LogP contribution in [-0.2, 0) is 11.3 Å². The number of ketones is 1. The van der Waals surface area contributed by atoms with Crippen molar-refractivity contribution in [3.05, 3.63) is 65.6 Å². The van der Waals surface area contributed by atoms with Gasteiger partial charge in [-0.2, -0.15) is 0 Å². The average molecular weight is 465 g/mol. The maximum atomic E-state index is 13.5. The SMILES string of the molecule is Cc1[nH]c2ccccc2c1C(=O)[C@@H](C)Sc1nnc(-c2ccc(F)cc2)n1C[C@@H]1CCCO1. The number of rotatable bonds is 7. The molecule has 0 spiro atoms. The summed E-state index contributed by atoms with van der Waals surface area (Å²) >= 11 is 1.39. The van der Waals surface area contributed by atoms with Crippen LogP contribution in [-0.4, -0.2) is 43.5 Å². The predicted molar refractivity (Wildman–Crippen MR) is 127 cm³/mol. The second-order valence-electron chi connectivity index (χ2n) is 8.35. The number of halogens is 1. The van der Waals surface area contributed by atoms with Crippen LogP contribution in [0.15, 0.2) is 53.7 Å². The molecule has 8 heteroatoms. The number of aromatic nitrogens is 4. The van der Waals surface area contributed by atoms with E-state index in [1.54, 1.807) is 12.1 Å². The number of thioether (sulfide) groups is 1. The molecule has 170 valence electrons. The molecule has 1 aliphatic heterocycles. The number of fused-ring (bicyclic) bond motifs is 1. The van der Waals surface area contributed by atoms with Crippen LogP contribution >= 0.6 is 11.8 Å². The number of carbonyl (C=O) groups excluding carboxylic acids is 1. The summed E-state index contributed by atoms with van der Waals surface area (Å²) in [6.07, 6.45) is 2.06. The minimum atomic E-state index is -0.364. The molecule has 1 aliphatic rings. The molecular formula is C25H25FN4O2S. The molecule has 0 saturated carbocycles. The zero-order chi connectivity index (χ0) is 22.9.